The van der Waals surface area contributed by atoms with Crippen LogP contribution >= 0.6 is 0 Å². The zero-order chi connectivity index (χ0) is 16.0. The van der Waals surface area contributed by atoms with Crippen LogP contribution in [0.3, 0.4) is 0 Å². The first-order valence-corrected chi connectivity index (χ1v) is 6.22. The molecule has 0 aliphatic carbocycles. The summed E-state index contributed by atoms with van der Waals surface area (Å²) in [5.74, 6) is -1.52. The maximum absolute atomic E-state index is 11.8. The maximum Gasteiger partial charge on any atom is 0.337 e. The molecule has 1 unspecified atom stereocenters. The van der Waals surface area contributed by atoms with Crippen LogP contribution in [0.25, 0.3) is 0 Å². The van der Waals surface area contributed by atoms with E-state index in [2.05, 4.69) is 20.1 Å². The number of likely N-dealkylation sites (N-methyl/N-ethyl adjacent to an activating group) is 1. The number of methoxy groups -OCH3 is 2. The SMILES string of the molecule is CNC(C)C(=O)Nc1cc(C(=O)OC)cc(C(=O)OC)c1. The minimum absolute atomic E-state index is 0.146. The van der Waals surface area contributed by atoms with E-state index in [0.29, 0.717) is 5.69 Å². The molecule has 1 aromatic rings. The van der Waals surface area contributed by atoms with Crippen molar-refractivity contribution >= 4 is 23.5 Å². The van der Waals surface area contributed by atoms with Crippen molar-refractivity contribution in [3.8, 4) is 0 Å². The van der Waals surface area contributed by atoms with Gasteiger partial charge in [-0.25, -0.2) is 9.59 Å². The third kappa shape index (κ3) is 4.28. The first-order valence-electron chi connectivity index (χ1n) is 6.22. The van der Waals surface area contributed by atoms with Crippen molar-refractivity contribution in [3.63, 3.8) is 0 Å². The molecule has 0 aliphatic heterocycles. The molecule has 21 heavy (non-hydrogen) atoms. The Morgan fingerprint density at radius 3 is 1.86 bits per heavy atom. The van der Waals surface area contributed by atoms with Gasteiger partial charge in [-0.1, -0.05) is 0 Å². The van der Waals surface area contributed by atoms with E-state index < -0.39 is 18.0 Å². The highest BCUT2D eigenvalue weighted by atomic mass is 16.5. The summed E-state index contributed by atoms with van der Waals surface area (Å²) in [6.07, 6.45) is 0. The molecular weight excluding hydrogens is 276 g/mol. The van der Waals surface area contributed by atoms with Crippen molar-refractivity contribution in [2.75, 3.05) is 26.6 Å². The molecule has 7 nitrogen and oxygen atoms in total. The van der Waals surface area contributed by atoms with E-state index in [1.807, 2.05) is 0 Å². The van der Waals surface area contributed by atoms with Crippen LogP contribution in [0.1, 0.15) is 27.6 Å². The minimum atomic E-state index is -0.613. The summed E-state index contributed by atoms with van der Waals surface area (Å²) in [6, 6.07) is 3.78. The van der Waals surface area contributed by atoms with Gasteiger partial charge in [0, 0.05) is 5.69 Å². The Morgan fingerprint density at radius 1 is 1.00 bits per heavy atom. The first-order chi connectivity index (χ1) is 9.92. The van der Waals surface area contributed by atoms with Crippen LogP contribution in [0.2, 0.25) is 0 Å². The van der Waals surface area contributed by atoms with Gasteiger partial charge in [0.25, 0.3) is 0 Å². The van der Waals surface area contributed by atoms with Crippen LogP contribution in [-0.2, 0) is 14.3 Å². The second-order valence-electron chi connectivity index (χ2n) is 4.28. The van der Waals surface area contributed by atoms with Gasteiger partial charge in [0.15, 0.2) is 0 Å². The summed E-state index contributed by atoms with van der Waals surface area (Å²) in [5.41, 5.74) is 0.603. The van der Waals surface area contributed by atoms with Crippen molar-refractivity contribution in [1.29, 1.82) is 0 Å². The lowest BCUT2D eigenvalue weighted by atomic mass is 10.1. The molecule has 0 aromatic heterocycles. The number of esters is 2. The molecule has 2 N–H and O–H groups in total. The number of carbonyl (C=O) groups is 3. The fourth-order valence-electron chi connectivity index (χ4n) is 1.55. The Balaban J connectivity index is 3.15. The van der Waals surface area contributed by atoms with Crippen LogP contribution in [0.4, 0.5) is 5.69 Å². The molecule has 0 fully saturated rings. The lowest BCUT2D eigenvalue weighted by Crippen LogP contribution is -2.35. The van der Waals surface area contributed by atoms with E-state index >= 15 is 0 Å². The summed E-state index contributed by atoms with van der Waals surface area (Å²) in [4.78, 5) is 35.0. The molecule has 0 aliphatic rings. The summed E-state index contributed by atoms with van der Waals surface area (Å²) in [6.45, 7) is 1.68. The Bertz CT molecular complexity index is 522. The molecule has 114 valence electrons. The lowest BCUT2D eigenvalue weighted by Gasteiger charge is -2.13. The lowest BCUT2D eigenvalue weighted by molar-refractivity contribution is -0.117. The predicted molar refractivity (Wildman–Crippen MR) is 76.3 cm³/mol. The molecule has 1 aromatic carbocycles. The van der Waals surface area contributed by atoms with Crippen LogP contribution in [0.5, 0.6) is 0 Å². The van der Waals surface area contributed by atoms with Crippen molar-refractivity contribution in [3.05, 3.63) is 29.3 Å². The standard InChI is InChI=1S/C14H18N2O5/c1-8(15-2)12(17)16-11-6-9(13(18)20-3)5-10(7-11)14(19)21-4/h5-8,15H,1-4H3,(H,16,17). The number of rotatable bonds is 5. The number of ether oxygens (including phenoxy) is 2. The third-order valence-corrected chi connectivity index (χ3v) is 2.87. The fourth-order valence-corrected chi connectivity index (χ4v) is 1.55. The Labute approximate surface area is 122 Å². The molecule has 0 heterocycles. The van der Waals surface area contributed by atoms with Gasteiger partial charge in [0.1, 0.15) is 0 Å². The van der Waals surface area contributed by atoms with E-state index in [9.17, 15) is 14.4 Å². The summed E-state index contributed by atoms with van der Waals surface area (Å²) >= 11 is 0. The van der Waals surface area contributed by atoms with Crippen molar-refractivity contribution in [1.82, 2.24) is 5.32 Å². The third-order valence-electron chi connectivity index (χ3n) is 2.87. The van der Waals surface area contributed by atoms with Crippen molar-refractivity contribution in [2.24, 2.45) is 0 Å². The number of nitrogens with one attached hydrogen (secondary N) is 2. The van der Waals surface area contributed by atoms with Crippen LogP contribution in [-0.4, -0.2) is 45.2 Å². The maximum atomic E-state index is 11.8. The van der Waals surface area contributed by atoms with E-state index in [1.54, 1.807) is 14.0 Å². The number of carbonyl (C=O) groups excluding carboxylic acids is 3. The van der Waals surface area contributed by atoms with Crippen LogP contribution < -0.4 is 10.6 Å². The zero-order valence-corrected chi connectivity index (χ0v) is 12.4. The Kier molecular flexibility index (Phi) is 5.86. The smallest absolute Gasteiger partial charge is 0.337 e. The van der Waals surface area contributed by atoms with Crippen LogP contribution in [0.15, 0.2) is 18.2 Å². The first kappa shape index (κ1) is 16.6. The van der Waals surface area contributed by atoms with Gasteiger partial charge in [0.05, 0.1) is 31.4 Å². The predicted octanol–water partition coefficient (Wildman–Crippen LogP) is 0.806. The summed E-state index contributed by atoms with van der Waals surface area (Å²) < 4.78 is 9.23. The molecule has 1 atom stereocenters. The number of amides is 1. The van der Waals surface area contributed by atoms with Gasteiger partial charge < -0.3 is 20.1 Å². The zero-order valence-electron chi connectivity index (χ0n) is 12.4. The summed E-state index contributed by atoms with van der Waals surface area (Å²) in [5, 5.41) is 5.40. The van der Waals surface area contributed by atoms with Gasteiger partial charge in [-0.2, -0.15) is 0 Å². The highest BCUT2D eigenvalue weighted by Gasteiger charge is 2.16. The van der Waals surface area contributed by atoms with Crippen molar-refractivity contribution < 1.29 is 23.9 Å². The van der Waals surface area contributed by atoms with E-state index in [-0.39, 0.29) is 17.0 Å². The molecule has 0 radical (unpaired) electrons. The summed E-state index contributed by atoms with van der Waals surface area (Å²) in [7, 11) is 4.11. The van der Waals surface area contributed by atoms with Crippen molar-refractivity contribution in [2.45, 2.75) is 13.0 Å². The van der Waals surface area contributed by atoms with Gasteiger partial charge in [0.2, 0.25) is 5.91 Å². The second-order valence-corrected chi connectivity index (χ2v) is 4.28. The number of benzene rings is 1. The average Bonchev–Trinajstić information content (AvgIpc) is 2.51. The monoisotopic (exact) mass is 294 g/mol. The molecule has 0 spiro atoms. The molecule has 0 saturated carbocycles. The van der Waals surface area contributed by atoms with Gasteiger partial charge >= 0.3 is 11.9 Å². The minimum Gasteiger partial charge on any atom is -0.465 e. The number of anilines is 1. The molecule has 7 heteroatoms. The van der Waals surface area contributed by atoms with E-state index in [1.165, 1.54) is 32.4 Å². The number of hydrogen-bond donors (Lipinski definition) is 2. The van der Waals surface area contributed by atoms with Crippen LogP contribution in [0, 0.1) is 0 Å². The quantitative estimate of drug-likeness (QED) is 0.780. The van der Waals surface area contributed by atoms with Gasteiger partial charge in [-0.05, 0) is 32.2 Å². The van der Waals surface area contributed by atoms with Gasteiger partial charge in [-0.3, -0.25) is 4.79 Å². The van der Waals surface area contributed by atoms with E-state index in [4.69, 9.17) is 0 Å². The fraction of sp³-hybridized carbons (Fsp3) is 0.357. The molecule has 0 bridgehead atoms. The second kappa shape index (κ2) is 7.39. The average molecular weight is 294 g/mol. The Morgan fingerprint density at radius 2 is 1.48 bits per heavy atom. The molecule has 0 saturated heterocycles. The molecule has 1 amide bonds. The highest BCUT2D eigenvalue weighted by Crippen LogP contribution is 2.17. The normalized spacial score (nSPS) is 11.4. The Hall–Kier alpha value is -2.41. The molecular formula is C14H18N2O5. The highest BCUT2D eigenvalue weighted by molar-refractivity contribution is 6.00. The topological polar surface area (TPSA) is 93.7 Å². The van der Waals surface area contributed by atoms with Gasteiger partial charge in [-0.15, -0.1) is 0 Å². The molecule has 1 rings (SSSR count). The van der Waals surface area contributed by atoms with E-state index in [0.717, 1.165) is 0 Å². The largest absolute Gasteiger partial charge is 0.465 e. The number of hydrogen-bond acceptors (Lipinski definition) is 6.